The van der Waals surface area contributed by atoms with Gasteiger partial charge in [0.2, 0.25) is 5.91 Å². The molecule has 0 aliphatic heterocycles. The number of carbonyl (C=O) groups excluding carboxylic acids is 1. The van der Waals surface area contributed by atoms with E-state index < -0.39 is 0 Å². The second kappa shape index (κ2) is 6.06. The first-order valence-corrected chi connectivity index (χ1v) is 5.23. The van der Waals surface area contributed by atoms with E-state index in [-0.39, 0.29) is 5.91 Å². The van der Waals surface area contributed by atoms with Crippen LogP contribution in [0.3, 0.4) is 0 Å². The van der Waals surface area contributed by atoms with E-state index in [1.54, 1.807) is 0 Å². The van der Waals surface area contributed by atoms with Crippen molar-refractivity contribution in [2.75, 3.05) is 11.9 Å². The van der Waals surface area contributed by atoms with Crippen LogP contribution in [0.5, 0.6) is 5.75 Å². The van der Waals surface area contributed by atoms with Gasteiger partial charge < -0.3 is 10.1 Å². The summed E-state index contributed by atoms with van der Waals surface area (Å²) in [7, 11) is 0. The van der Waals surface area contributed by atoms with E-state index in [0.717, 1.165) is 24.3 Å². The summed E-state index contributed by atoms with van der Waals surface area (Å²) in [6.07, 6.45) is 2.12. The first-order chi connectivity index (χ1) is 7.24. The summed E-state index contributed by atoms with van der Waals surface area (Å²) in [5.74, 6) is 0.655. The van der Waals surface area contributed by atoms with Crippen LogP contribution in [0, 0.1) is 0 Å². The Bertz CT molecular complexity index is 323. The molecule has 1 amide bonds. The molecule has 1 aromatic carbocycles. The number of ether oxygens (including phenoxy) is 1. The smallest absolute Gasteiger partial charge is 0.221 e. The molecule has 0 saturated carbocycles. The van der Waals surface area contributed by atoms with Crippen LogP contribution in [0.25, 0.3) is 0 Å². The molecule has 0 heterocycles. The summed E-state index contributed by atoms with van der Waals surface area (Å²) in [6.45, 7) is 4.29. The minimum absolute atomic E-state index is 0.0819. The molecule has 0 aliphatic rings. The highest BCUT2D eigenvalue weighted by atomic mass is 16.5. The Morgan fingerprint density at radius 3 is 2.80 bits per heavy atom. The van der Waals surface area contributed by atoms with Crippen molar-refractivity contribution in [1.82, 2.24) is 0 Å². The van der Waals surface area contributed by atoms with E-state index in [0.29, 0.717) is 6.61 Å². The minimum atomic E-state index is -0.0819. The van der Waals surface area contributed by atoms with Crippen LogP contribution in [0.4, 0.5) is 5.69 Å². The molecule has 1 N–H and O–H groups in total. The van der Waals surface area contributed by atoms with E-state index in [1.807, 2.05) is 24.3 Å². The van der Waals surface area contributed by atoms with Gasteiger partial charge in [-0.3, -0.25) is 4.79 Å². The Hall–Kier alpha value is -1.51. The Labute approximate surface area is 90.4 Å². The first kappa shape index (κ1) is 11.6. The van der Waals surface area contributed by atoms with Crippen molar-refractivity contribution < 1.29 is 9.53 Å². The minimum Gasteiger partial charge on any atom is -0.491 e. The largest absolute Gasteiger partial charge is 0.491 e. The number of hydrogen-bond donors (Lipinski definition) is 1. The number of amides is 1. The van der Waals surface area contributed by atoms with Gasteiger partial charge in [-0.25, -0.2) is 0 Å². The van der Waals surface area contributed by atoms with Crippen molar-refractivity contribution in [1.29, 1.82) is 0 Å². The van der Waals surface area contributed by atoms with Crippen LogP contribution in [0.2, 0.25) is 0 Å². The second-order valence-electron chi connectivity index (χ2n) is 3.38. The molecule has 15 heavy (non-hydrogen) atoms. The molecule has 0 aromatic heterocycles. The molecule has 0 bridgehead atoms. The maximum atomic E-state index is 10.9. The normalized spacial score (nSPS) is 9.73. The lowest BCUT2D eigenvalue weighted by Gasteiger charge is -2.10. The summed E-state index contributed by atoms with van der Waals surface area (Å²) >= 11 is 0. The summed E-state index contributed by atoms with van der Waals surface area (Å²) in [5, 5.41) is 2.74. The zero-order chi connectivity index (χ0) is 11.1. The fourth-order valence-electron chi connectivity index (χ4n) is 1.21. The van der Waals surface area contributed by atoms with Gasteiger partial charge in [0.25, 0.3) is 0 Å². The Kier molecular flexibility index (Phi) is 4.68. The van der Waals surface area contributed by atoms with Crippen molar-refractivity contribution in [3.8, 4) is 5.75 Å². The third-order valence-electron chi connectivity index (χ3n) is 1.95. The molecule has 0 saturated heterocycles. The first-order valence-electron chi connectivity index (χ1n) is 5.23. The van der Waals surface area contributed by atoms with Crippen molar-refractivity contribution >= 4 is 11.6 Å². The van der Waals surface area contributed by atoms with Gasteiger partial charge in [-0.2, -0.15) is 0 Å². The fraction of sp³-hybridized carbons (Fsp3) is 0.417. The van der Waals surface area contributed by atoms with E-state index >= 15 is 0 Å². The van der Waals surface area contributed by atoms with Crippen LogP contribution in [-0.2, 0) is 4.79 Å². The zero-order valence-electron chi connectivity index (χ0n) is 9.25. The molecule has 0 fully saturated rings. The number of para-hydroxylation sites is 2. The lowest BCUT2D eigenvalue weighted by molar-refractivity contribution is -0.114. The van der Waals surface area contributed by atoms with E-state index in [4.69, 9.17) is 4.74 Å². The number of benzene rings is 1. The van der Waals surface area contributed by atoms with Crippen molar-refractivity contribution in [2.24, 2.45) is 0 Å². The SMILES string of the molecule is CCCCOc1ccccc1NC(C)=O. The molecule has 1 rings (SSSR count). The molecule has 3 nitrogen and oxygen atoms in total. The van der Waals surface area contributed by atoms with Gasteiger partial charge in [0.1, 0.15) is 5.75 Å². The third-order valence-corrected chi connectivity index (χ3v) is 1.95. The van der Waals surface area contributed by atoms with E-state index in [2.05, 4.69) is 12.2 Å². The molecule has 3 heteroatoms. The number of unbranched alkanes of at least 4 members (excludes halogenated alkanes) is 1. The van der Waals surface area contributed by atoms with Crippen molar-refractivity contribution in [3.05, 3.63) is 24.3 Å². The Balaban J connectivity index is 2.64. The van der Waals surface area contributed by atoms with Crippen molar-refractivity contribution in [3.63, 3.8) is 0 Å². The van der Waals surface area contributed by atoms with Gasteiger partial charge in [-0.15, -0.1) is 0 Å². The molecule has 0 radical (unpaired) electrons. The van der Waals surface area contributed by atoms with Crippen LogP contribution in [-0.4, -0.2) is 12.5 Å². The summed E-state index contributed by atoms with van der Waals surface area (Å²) in [4.78, 5) is 10.9. The monoisotopic (exact) mass is 207 g/mol. The lowest BCUT2D eigenvalue weighted by atomic mass is 10.3. The number of carbonyl (C=O) groups is 1. The predicted octanol–water partition coefficient (Wildman–Crippen LogP) is 2.82. The lowest BCUT2D eigenvalue weighted by Crippen LogP contribution is -2.08. The number of anilines is 1. The highest BCUT2D eigenvalue weighted by Crippen LogP contribution is 2.23. The number of hydrogen-bond acceptors (Lipinski definition) is 2. The number of nitrogens with one attached hydrogen (secondary N) is 1. The van der Waals surface area contributed by atoms with Gasteiger partial charge in [0.15, 0.2) is 0 Å². The average molecular weight is 207 g/mol. The maximum absolute atomic E-state index is 10.9. The Morgan fingerprint density at radius 1 is 1.40 bits per heavy atom. The summed E-state index contributed by atoms with van der Waals surface area (Å²) in [6, 6.07) is 7.47. The zero-order valence-corrected chi connectivity index (χ0v) is 9.25. The third kappa shape index (κ3) is 4.02. The van der Waals surface area contributed by atoms with Crippen molar-refractivity contribution in [2.45, 2.75) is 26.7 Å². The van der Waals surface area contributed by atoms with Gasteiger partial charge >= 0.3 is 0 Å². The molecule has 0 unspecified atom stereocenters. The molecule has 0 aliphatic carbocycles. The highest BCUT2D eigenvalue weighted by molar-refractivity contribution is 5.90. The van der Waals surface area contributed by atoms with Crippen LogP contribution in [0.15, 0.2) is 24.3 Å². The topological polar surface area (TPSA) is 38.3 Å². The molecule has 82 valence electrons. The molecule has 1 aromatic rings. The van der Waals surface area contributed by atoms with Gasteiger partial charge in [-0.1, -0.05) is 25.5 Å². The quantitative estimate of drug-likeness (QED) is 0.754. The van der Waals surface area contributed by atoms with Gasteiger partial charge in [0, 0.05) is 6.92 Å². The van der Waals surface area contributed by atoms with Crippen LogP contribution in [0.1, 0.15) is 26.7 Å². The summed E-state index contributed by atoms with van der Waals surface area (Å²) in [5.41, 5.74) is 0.737. The standard InChI is InChI=1S/C12H17NO2/c1-3-4-9-15-12-8-6-5-7-11(12)13-10(2)14/h5-8H,3-4,9H2,1-2H3,(H,13,14). The fourth-order valence-corrected chi connectivity index (χ4v) is 1.21. The van der Waals surface area contributed by atoms with Gasteiger partial charge in [-0.05, 0) is 18.6 Å². The van der Waals surface area contributed by atoms with Gasteiger partial charge in [0.05, 0.1) is 12.3 Å². The molecule has 0 atom stereocenters. The van der Waals surface area contributed by atoms with Crippen LogP contribution >= 0.6 is 0 Å². The second-order valence-corrected chi connectivity index (χ2v) is 3.38. The molecular formula is C12H17NO2. The average Bonchev–Trinajstić information content (AvgIpc) is 2.20. The number of rotatable bonds is 5. The van der Waals surface area contributed by atoms with E-state index in [1.165, 1.54) is 6.92 Å². The van der Waals surface area contributed by atoms with E-state index in [9.17, 15) is 4.79 Å². The Morgan fingerprint density at radius 2 is 2.13 bits per heavy atom. The molecule has 0 spiro atoms. The summed E-state index contributed by atoms with van der Waals surface area (Å²) < 4.78 is 5.56. The van der Waals surface area contributed by atoms with Crippen LogP contribution < -0.4 is 10.1 Å². The molecular weight excluding hydrogens is 190 g/mol. The maximum Gasteiger partial charge on any atom is 0.221 e. The highest BCUT2D eigenvalue weighted by Gasteiger charge is 2.03. The predicted molar refractivity (Wildman–Crippen MR) is 61.1 cm³/mol.